The number of hydrogen-bond donors (Lipinski definition) is 1. The van der Waals surface area contributed by atoms with Crippen LogP contribution in [0.5, 0.6) is 0 Å². The third-order valence-corrected chi connectivity index (χ3v) is 4.48. The van der Waals surface area contributed by atoms with Crippen LogP contribution in [0.15, 0.2) is 22.1 Å². The van der Waals surface area contributed by atoms with Crippen LogP contribution in [0.25, 0.3) is 0 Å². The van der Waals surface area contributed by atoms with Gasteiger partial charge in [0, 0.05) is 22.6 Å². The van der Waals surface area contributed by atoms with Gasteiger partial charge in [-0.15, -0.1) is 11.3 Å². The quantitative estimate of drug-likeness (QED) is 0.936. The summed E-state index contributed by atoms with van der Waals surface area (Å²) in [6, 6.07) is 2.37. The highest BCUT2D eigenvalue weighted by atomic mass is 79.9. The highest BCUT2D eigenvalue weighted by Crippen LogP contribution is 2.31. The van der Waals surface area contributed by atoms with Crippen molar-refractivity contribution < 1.29 is 0 Å². The minimum atomic E-state index is 0.289. The Morgan fingerprint density at radius 3 is 2.81 bits per heavy atom. The number of anilines is 1. The predicted octanol–water partition coefficient (Wildman–Crippen LogP) is 3.73. The number of hydrogen-bond acceptors (Lipinski definition) is 3. The van der Waals surface area contributed by atoms with Crippen LogP contribution in [0.3, 0.4) is 0 Å². The SMILES string of the molecule is Cc1nn(C)cc1NC(C)c1sccc1Br. The van der Waals surface area contributed by atoms with E-state index >= 15 is 0 Å². The van der Waals surface area contributed by atoms with Gasteiger partial charge < -0.3 is 5.32 Å². The van der Waals surface area contributed by atoms with E-state index in [1.807, 2.05) is 24.9 Å². The first-order chi connectivity index (χ1) is 7.58. The van der Waals surface area contributed by atoms with Gasteiger partial charge in [0.05, 0.1) is 17.4 Å². The van der Waals surface area contributed by atoms with Gasteiger partial charge in [-0.1, -0.05) is 0 Å². The molecule has 0 spiro atoms. The van der Waals surface area contributed by atoms with E-state index < -0.39 is 0 Å². The van der Waals surface area contributed by atoms with Gasteiger partial charge in [-0.2, -0.15) is 5.10 Å². The first-order valence-corrected chi connectivity index (χ1v) is 6.75. The average Bonchev–Trinajstić information content (AvgIpc) is 2.74. The van der Waals surface area contributed by atoms with Gasteiger partial charge >= 0.3 is 0 Å². The molecule has 1 N–H and O–H groups in total. The fraction of sp³-hybridized carbons (Fsp3) is 0.364. The maximum atomic E-state index is 4.31. The average molecular weight is 300 g/mol. The summed E-state index contributed by atoms with van der Waals surface area (Å²) in [6.45, 7) is 4.17. The van der Waals surface area contributed by atoms with E-state index in [1.54, 1.807) is 11.3 Å². The summed E-state index contributed by atoms with van der Waals surface area (Å²) in [5.74, 6) is 0. The van der Waals surface area contributed by atoms with Crippen molar-refractivity contribution in [1.82, 2.24) is 9.78 Å². The van der Waals surface area contributed by atoms with E-state index in [4.69, 9.17) is 0 Å². The van der Waals surface area contributed by atoms with Gasteiger partial charge in [-0.05, 0) is 41.2 Å². The van der Waals surface area contributed by atoms with Gasteiger partial charge in [0.15, 0.2) is 0 Å². The Bertz CT molecular complexity index is 489. The molecule has 2 aromatic rings. The number of nitrogens with zero attached hydrogens (tertiary/aromatic N) is 2. The predicted molar refractivity (Wildman–Crippen MR) is 72.0 cm³/mol. The number of aromatic nitrogens is 2. The molecule has 86 valence electrons. The topological polar surface area (TPSA) is 29.9 Å². The second-order valence-electron chi connectivity index (χ2n) is 3.80. The number of nitrogens with one attached hydrogen (secondary N) is 1. The van der Waals surface area contributed by atoms with Crippen LogP contribution in [0.2, 0.25) is 0 Å². The molecule has 0 aliphatic rings. The standard InChI is InChI=1S/C11H14BrN3S/c1-7-10(6-15(3)14-7)13-8(2)11-9(12)4-5-16-11/h4-6,8,13H,1-3H3. The van der Waals surface area contributed by atoms with Gasteiger partial charge in [-0.3, -0.25) is 4.68 Å². The zero-order valence-electron chi connectivity index (χ0n) is 9.49. The molecule has 0 saturated heterocycles. The molecule has 0 amide bonds. The Morgan fingerprint density at radius 1 is 1.56 bits per heavy atom. The molecule has 5 heteroatoms. The van der Waals surface area contributed by atoms with Gasteiger partial charge in [0.2, 0.25) is 0 Å². The number of thiophene rings is 1. The van der Waals surface area contributed by atoms with Crippen LogP contribution in [0.4, 0.5) is 5.69 Å². The molecule has 2 heterocycles. The summed E-state index contributed by atoms with van der Waals surface area (Å²) in [4.78, 5) is 1.31. The maximum Gasteiger partial charge on any atom is 0.0825 e. The lowest BCUT2D eigenvalue weighted by Crippen LogP contribution is -2.05. The number of halogens is 1. The van der Waals surface area contributed by atoms with E-state index in [9.17, 15) is 0 Å². The van der Waals surface area contributed by atoms with Crippen molar-refractivity contribution in [2.45, 2.75) is 19.9 Å². The molecule has 0 aliphatic carbocycles. The molecular weight excluding hydrogens is 286 g/mol. The number of aryl methyl sites for hydroxylation is 2. The van der Waals surface area contributed by atoms with Crippen molar-refractivity contribution in [3.8, 4) is 0 Å². The zero-order chi connectivity index (χ0) is 11.7. The van der Waals surface area contributed by atoms with Crippen LogP contribution in [0, 0.1) is 6.92 Å². The molecule has 0 bridgehead atoms. The summed E-state index contributed by atoms with van der Waals surface area (Å²) in [5, 5.41) is 9.88. The molecule has 0 aromatic carbocycles. The zero-order valence-corrected chi connectivity index (χ0v) is 11.9. The van der Waals surface area contributed by atoms with E-state index in [1.165, 1.54) is 9.35 Å². The molecular formula is C11H14BrN3S. The van der Waals surface area contributed by atoms with Crippen molar-refractivity contribution in [3.05, 3.63) is 32.7 Å². The molecule has 16 heavy (non-hydrogen) atoms. The molecule has 0 aliphatic heterocycles. The summed E-state index contributed by atoms with van der Waals surface area (Å²) in [6.07, 6.45) is 2.01. The molecule has 1 atom stereocenters. The van der Waals surface area contributed by atoms with Gasteiger partial charge in [-0.25, -0.2) is 0 Å². The fourth-order valence-corrected chi connectivity index (χ4v) is 3.38. The van der Waals surface area contributed by atoms with E-state index in [-0.39, 0.29) is 6.04 Å². The Balaban J connectivity index is 2.16. The minimum absolute atomic E-state index is 0.289. The highest BCUT2D eigenvalue weighted by molar-refractivity contribution is 9.10. The summed E-state index contributed by atoms with van der Waals surface area (Å²) >= 11 is 5.31. The van der Waals surface area contributed by atoms with Crippen molar-refractivity contribution in [1.29, 1.82) is 0 Å². The van der Waals surface area contributed by atoms with Crippen LogP contribution in [0.1, 0.15) is 23.5 Å². The lowest BCUT2D eigenvalue weighted by molar-refractivity contribution is 0.756. The minimum Gasteiger partial charge on any atom is -0.375 e. The van der Waals surface area contributed by atoms with Gasteiger partial charge in [0.1, 0.15) is 0 Å². The third-order valence-electron chi connectivity index (χ3n) is 2.42. The summed E-state index contributed by atoms with van der Waals surface area (Å²) in [5.41, 5.74) is 2.12. The maximum absolute atomic E-state index is 4.31. The first kappa shape index (κ1) is 11.7. The molecule has 3 nitrogen and oxygen atoms in total. The number of rotatable bonds is 3. The van der Waals surface area contributed by atoms with Crippen LogP contribution in [-0.2, 0) is 7.05 Å². The van der Waals surface area contributed by atoms with Gasteiger partial charge in [0.25, 0.3) is 0 Å². The second-order valence-corrected chi connectivity index (χ2v) is 5.60. The molecule has 0 saturated carbocycles. The molecule has 1 unspecified atom stereocenters. The lowest BCUT2D eigenvalue weighted by atomic mass is 10.2. The normalized spacial score (nSPS) is 12.8. The van der Waals surface area contributed by atoms with Crippen molar-refractivity contribution in [2.75, 3.05) is 5.32 Å². The Morgan fingerprint density at radius 2 is 2.31 bits per heavy atom. The molecule has 2 rings (SSSR count). The highest BCUT2D eigenvalue weighted by Gasteiger charge is 2.12. The Kier molecular flexibility index (Phi) is 3.35. The second kappa shape index (κ2) is 4.59. The Labute approximate surface area is 108 Å². The van der Waals surface area contributed by atoms with E-state index in [2.05, 4.69) is 44.7 Å². The summed E-state index contributed by atoms with van der Waals surface area (Å²) in [7, 11) is 1.93. The smallest absolute Gasteiger partial charge is 0.0825 e. The van der Waals surface area contributed by atoms with E-state index in [0.717, 1.165) is 11.4 Å². The van der Waals surface area contributed by atoms with Crippen LogP contribution < -0.4 is 5.32 Å². The summed E-state index contributed by atoms with van der Waals surface area (Å²) < 4.78 is 2.99. The van der Waals surface area contributed by atoms with Crippen molar-refractivity contribution >= 4 is 33.0 Å². The third kappa shape index (κ3) is 2.30. The molecule has 2 aromatic heterocycles. The Hall–Kier alpha value is -0.810. The van der Waals surface area contributed by atoms with Crippen molar-refractivity contribution in [3.63, 3.8) is 0 Å². The first-order valence-electron chi connectivity index (χ1n) is 5.07. The van der Waals surface area contributed by atoms with Crippen LogP contribution >= 0.6 is 27.3 Å². The largest absolute Gasteiger partial charge is 0.375 e. The monoisotopic (exact) mass is 299 g/mol. The molecule has 0 fully saturated rings. The lowest BCUT2D eigenvalue weighted by Gasteiger charge is -2.13. The van der Waals surface area contributed by atoms with E-state index in [0.29, 0.717) is 0 Å². The van der Waals surface area contributed by atoms with Crippen LogP contribution in [-0.4, -0.2) is 9.78 Å². The molecule has 0 radical (unpaired) electrons. The van der Waals surface area contributed by atoms with Crippen molar-refractivity contribution in [2.24, 2.45) is 7.05 Å². The fourth-order valence-electron chi connectivity index (χ4n) is 1.65.